The molecular formula is C11H16ClN3O. The summed E-state index contributed by atoms with van der Waals surface area (Å²) in [4.78, 5) is 6.73. The maximum absolute atomic E-state index is 6.00. The van der Waals surface area contributed by atoms with Crippen LogP contribution in [-0.2, 0) is 6.54 Å². The predicted octanol–water partition coefficient (Wildman–Crippen LogP) is 1.15. The molecule has 5 heteroatoms. The zero-order chi connectivity index (χ0) is 11.4. The molecule has 0 spiro atoms. The van der Waals surface area contributed by atoms with Crippen molar-refractivity contribution in [2.75, 3.05) is 33.3 Å². The SMILES string of the molecule is COc1cc(Cl)cc(CN2CCNCC2)n1. The van der Waals surface area contributed by atoms with E-state index in [0.717, 1.165) is 38.4 Å². The first-order chi connectivity index (χ1) is 7.78. The molecule has 1 aliphatic rings. The van der Waals surface area contributed by atoms with Crippen molar-refractivity contribution >= 4 is 11.6 Å². The van der Waals surface area contributed by atoms with E-state index in [2.05, 4.69) is 15.2 Å². The number of rotatable bonds is 3. The summed E-state index contributed by atoms with van der Waals surface area (Å²) < 4.78 is 5.10. The van der Waals surface area contributed by atoms with Crippen LogP contribution in [0.25, 0.3) is 0 Å². The van der Waals surface area contributed by atoms with Crippen molar-refractivity contribution in [3.63, 3.8) is 0 Å². The summed E-state index contributed by atoms with van der Waals surface area (Å²) in [6.45, 7) is 5.01. The number of hydrogen-bond donors (Lipinski definition) is 1. The van der Waals surface area contributed by atoms with E-state index in [1.54, 1.807) is 13.2 Å². The van der Waals surface area contributed by atoms with Gasteiger partial charge in [0.1, 0.15) is 0 Å². The Morgan fingerprint density at radius 3 is 2.88 bits per heavy atom. The third-order valence-corrected chi connectivity index (χ3v) is 2.84. The highest BCUT2D eigenvalue weighted by Crippen LogP contribution is 2.17. The predicted molar refractivity (Wildman–Crippen MR) is 63.9 cm³/mol. The molecule has 0 aliphatic carbocycles. The van der Waals surface area contributed by atoms with Gasteiger partial charge in [0.25, 0.3) is 0 Å². The Kier molecular flexibility index (Phi) is 3.98. The van der Waals surface area contributed by atoms with E-state index in [-0.39, 0.29) is 0 Å². The molecule has 0 amide bonds. The fourth-order valence-electron chi connectivity index (χ4n) is 1.81. The molecule has 1 aliphatic heterocycles. The van der Waals surface area contributed by atoms with Gasteiger partial charge in [0.2, 0.25) is 5.88 Å². The second kappa shape index (κ2) is 5.48. The molecule has 0 radical (unpaired) electrons. The third-order valence-electron chi connectivity index (χ3n) is 2.62. The third kappa shape index (κ3) is 3.07. The average Bonchev–Trinajstić information content (AvgIpc) is 2.29. The lowest BCUT2D eigenvalue weighted by Crippen LogP contribution is -2.43. The van der Waals surface area contributed by atoms with Crippen LogP contribution in [0.1, 0.15) is 5.69 Å². The highest BCUT2D eigenvalue weighted by Gasteiger charge is 2.11. The number of nitrogens with one attached hydrogen (secondary N) is 1. The fraction of sp³-hybridized carbons (Fsp3) is 0.545. The van der Waals surface area contributed by atoms with Crippen LogP contribution >= 0.6 is 11.6 Å². The Labute approximate surface area is 101 Å². The first-order valence-electron chi connectivity index (χ1n) is 5.41. The van der Waals surface area contributed by atoms with Gasteiger partial charge in [-0.2, -0.15) is 0 Å². The molecule has 1 saturated heterocycles. The van der Waals surface area contributed by atoms with E-state index < -0.39 is 0 Å². The van der Waals surface area contributed by atoms with Gasteiger partial charge in [0, 0.05) is 43.8 Å². The van der Waals surface area contributed by atoms with Crippen molar-refractivity contribution in [2.45, 2.75) is 6.54 Å². The highest BCUT2D eigenvalue weighted by atomic mass is 35.5. The minimum atomic E-state index is 0.581. The summed E-state index contributed by atoms with van der Waals surface area (Å²) in [5, 5.41) is 4.00. The quantitative estimate of drug-likeness (QED) is 0.862. The van der Waals surface area contributed by atoms with Gasteiger partial charge in [0.15, 0.2) is 0 Å². The molecule has 0 atom stereocenters. The molecule has 1 aromatic heterocycles. The number of aromatic nitrogens is 1. The van der Waals surface area contributed by atoms with E-state index >= 15 is 0 Å². The fourth-order valence-corrected chi connectivity index (χ4v) is 2.03. The van der Waals surface area contributed by atoms with Gasteiger partial charge >= 0.3 is 0 Å². The Balaban J connectivity index is 2.04. The van der Waals surface area contributed by atoms with Crippen LogP contribution in [0.4, 0.5) is 0 Å². The molecule has 0 aromatic carbocycles. The number of pyridine rings is 1. The van der Waals surface area contributed by atoms with Gasteiger partial charge in [-0.25, -0.2) is 4.98 Å². The van der Waals surface area contributed by atoms with Crippen molar-refractivity contribution in [1.29, 1.82) is 0 Å². The zero-order valence-electron chi connectivity index (χ0n) is 9.37. The number of ether oxygens (including phenoxy) is 1. The van der Waals surface area contributed by atoms with Crippen LogP contribution < -0.4 is 10.1 Å². The van der Waals surface area contributed by atoms with Crippen molar-refractivity contribution in [3.8, 4) is 5.88 Å². The molecule has 2 rings (SSSR count). The number of nitrogens with zero attached hydrogens (tertiary/aromatic N) is 2. The van der Waals surface area contributed by atoms with Gasteiger partial charge in [-0.3, -0.25) is 4.90 Å². The number of methoxy groups -OCH3 is 1. The van der Waals surface area contributed by atoms with Crippen LogP contribution in [0.5, 0.6) is 5.88 Å². The second-order valence-electron chi connectivity index (χ2n) is 3.85. The molecule has 2 heterocycles. The van der Waals surface area contributed by atoms with E-state index in [1.807, 2.05) is 6.07 Å². The molecule has 0 unspecified atom stereocenters. The minimum absolute atomic E-state index is 0.581. The van der Waals surface area contributed by atoms with Crippen LogP contribution in [0.3, 0.4) is 0 Å². The maximum atomic E-state index is 6.00. The zero-order valence-corrected chi connectivity index (χ0v) is 10.1. The summed E-state index contributed by atoms with van der Waals surface area (Å²) in [7, 11) is 1.60. The summed E-state index contributed by atoms with van der Waals surface area (Å²) in [6.07, 6.45) is 0. The molecule has 1 aromatic rings. The summed E-state index contributed by atoms with van der Waals surface area (Å²) in [5.74, 6) is 0.581. The number of hydrogen-bond acceptors (Lipinski definition) is 4. The molecule has 0 saturated carbocycles. The van der Waals surface area contributed by atoms with Crippen molar-refractivity contribution < 1.29 is 4.74 Å². The second-order valence-corrected chi connectivity index (χ2v) is 4.28. The van der Waals surface area contributed by atoms with Gasteiger partial charge in [-0.05, 0) is 6.07 Å². The van der Waals surface area contributed by atoms with Gasteiger partial charge in [-0.1, -0.05) is 11.6 Å². The Hall–Kier alpha value is -0.840. The van der Waals surface area contributed by atoms with E-state index in [4.69, 9.17) is 16.3 Å². The standard InChI is InChI=1S/C11H16ClN3O/c1-16-11-7-9(12)6-10(14-11)8-15-4-2-13-3-5-15/h6-7,13H,2-5,8H2,1H3. The van der Waals surface area contributed by atoms with Crippen LogP contribution in [-0.4, -0.2) is 43.2 Å². The Morgan fingerprint density at radius 2 is 2.19 bits per heavy atom. The lowest BCUT2D eigenvalue weighted by atomic mass is 10.3. The van der Waals surface area contributed by atoms with Crippen molar-refractivity contribution in [3.05, 3.63) is 22.8 Å². The molecule has 4 nitrogen and oxygen atoms in total. The lowest BCUT2D eigenvalue weighted by molar-refractivity contribution is 0.230. The molecule has 1 fully saturated rings. The van der Waals surface area contributed by atoms with E-state index in [0.29, 0.717) is 10.9 Å². The van der Waals surface area contributed by atoms with E-state index in [1.165, 1.54) is 0 Å². The molecule has 16 heavy (non-hydrogen) atoms. The van der Waals surface area contributed by atoms with Gasteiger partial charge < -0.3 is 10.1 Å². The van der Waals surface area contributed by atoms with Gasteiger partial charge in [0.05, 0.1) is 12.8 Å². The number of halogens is 1. The average molecular weight is 242 g/mol. The largest absolute Gasteiger partial charge is 0.481 e. The van der Waals surface area contributed by atoms with Crippen LogP contribution in [0.15, 0.2) is 12.1 Å². The Bertz CT molecular complexity index is 353. The van der Waals surface area contributed by atoms with Crippen molar-refractivity contribution in [2.24, 2.45) is 0 Å². The Morgan fingerprint density at radius 1 is 1.44 bits per heavy atom. The normalized spacial score (nSPS) is 17.4. The first-order valence-corrected chi connectivity index (χ1v) is 5.79. The summed E-state index contributed by atoms with van der Waals surface area (Å²) in [5.41, 5.74) is 0.964. The molecule has 88 valence electrons. The lowest BCUT2D eigenvalue weighted by Gasteiger charge is -2.26. The molecule has 1 N–H and O–H groups in total. The summed E-state index contributed by atoms with van der Waals surface area (Å²) in [6, 6.07) is 3.62. The molecular weight excluding hydrogens is 226 g/mol. The smallest absolute Gasteiger partial charge is 0.214 e. The monoisotopic (exact) mass is 241 g/mol. The minimum Gasteiger partial charge on any atom is -0.481 e. The van der Waals surface area contributed by atoms with Crippen LogP contribution in [0.2, 0.25) is 5.02 Å². The highest BCUT2D eigenvalue weighted by molar-refractivity contribution is 6.30. The van der Waals surface area contributed by atoms with E-state index in [9.17, 15) is 0 Å². The molecule has 0 bridgehead atoms. The van der Waals surface area contributed by atoms with Crippen molar-refractivity contribution in [1.82, 2.24) is 15.2 Å². The topological polar surface area (TPSA) is 37.4 Å². The number of piperazine rings is 1. The van der Waals surface area contributed by atoms with Crippen LogP contribution in [0, 0.1) is 0 Å². The summed E-state index contributed by atoms with van der Waals surface area (Å²) >= 11 is 6.00. The first kappa shape index (κ1) is 11.6. The maximum Gasteiger partial charge on any atom is 0.214 e. The van der Waals surface area contributed by atoms with Gasteiger partial charge in [-0.15, -0.1) is 0 Å².